The first-order chi connectivity index (χ1) is 9.26. The Hall–Kier alpha value is -2.18. The fraction of sp³-hybridized carbons (Fsp3) is 0.0769. The van der Waals surface area contributed by atoms with Crippen LogP contribution in [0.5, 0.6) is 5.75 Å². The first kappa shape index (κ1) is 14.2. The van der Waals surface area contributed by atoms with Gasteiger partial charge in [0.05, 0.1) is 5.56 Å². The van der Waals surface area contributed by atoms with Crippen molar-refractivity contribution in [1.29, 1.82) is 0 Å². The molecule has 0 aliphatic rings. The zero-order valence-electron chi connectivity index (χ0n) is 9.64. The number of halogens is 6. The molecule has 0 atom stereocenters. The summed E-state index contributed by atoms with van der Waals surface area (Å²) in [6, 6.07) is 5.00. The van der Waals surface area contributed by atoms with E-state index < -0.39 is 35.1 Å². The minimum Gasteiger partial charge on any atom is -0.406 e. The second-order valence-corrected chi connectivity index (χ2v) is 3.82. The van der Waals surface area contributed by atoms with Gasteiger partial charge in [-0.25, -0.2) is 13.2 Å². The van der Waals surface area contributed by atoms with Crippen LogP contribution in [-0.2, 0) is 0 Å². The number of hydrogen-bond acceptors (Lipinski definition) is 1. The molecule has 7 heteroatoms. The van der Waals surface area contributed by atoms with Gasteiger partial charge >= 0.3 is 6.36 Å². The molecule has 0 aromatic heterocycles. The minimum atomic E-state index is -4.92. The molecule has 0 fully saturated rings. The molecular weight excluding hydrogens is 286 g/mol. The Labute approximate surface area is 109 Å². The third-order valence-corrected chi connectivity index (χ3v) is 2.36. The van der Waals surface area contributed by atoms with Gasteiger partial charge in [-0.2, -0.15) is 0 Å². The normalized spacial score (nSPS) is 11.5. The molecule has 2 aromatic carbocycles. The molecule has 0 bridgehead atoms. The molecule has 0 unspecified atom stereocenters. The fourth-order valence-electron chi connectivity index (χ4n) is 1.67. The van der Waals surface area contributed by atoms with E-state index in [1.54, 1.807) is 0 Å². The van der Waals surface area contributed by atoms with Gasteiger partial charge in [0.25, 0.3) is 0 Å². The fourth-order valence-corrected chi connectivity index (χ4v) is 1.67. The Bertz CT molecular complexity index is 612. The van der Waals surface area contributed by atoms with E-state index in [1.165, 1.54) is 6.07 Å². The molecule has 0 aliphatic carbocycles. The van der Waals surface area contributed by atoms with Crippen LogP contribution in [0.15, 0.2) is 36.4 Å². The van der Waals surface area contributed by atoms with Crippen LogP contribution in [0.25, 0.3) is 11.1 Å². The summed E-state index contributed by atoms with van der Waals surface area (Å²) in [6.07, 6.45) is -4.92. The number of benzene rings is 2. The average molecular weight is 292 g/mol. The lowest BCUT2D eigenvalue weighted by Crippen LogP contribution is -2.17. The Morgan fingerprint density at radius 1 is 0.850 bits per heavy atom. The summed E-state index contributed by atoms with van der Waals surface area (Å²) >= 11 is 0. The molecular formula is C13H6F6O. The maximum absolute atomic E-state index is 13.5. The van der Waals surface area contributed by atoms with E-state index in [4.69, 9.17) is 0 Å². The van der Waals surface area contributed by atoms with Crippen molar-refractivity contribution in [1.82, 2.24) is 0 Å². The minimum absolute atomic E-state index is 0.193. The average Bonchev–Trinajstić information content (AvgIpc) is 2.25. The van der Waals surface area contributed by atoms with E-state index in [2.05, 4.69) is 4.74 Å². The predicted molar refractivity (Wildman–Crippen MR) is 58.4 cm³/mol. The molecule has 106 valence electrons. The van der Waals surface area contributed by atoms with Crippen molar-refractivity contribution in [3.05, 3.63) is 53.8 Å². The second-order valence-electron chi connectivity index (χ2n) is 3.82. The number of hydrogen-bond donors (Lipinski definition) is 0. The molecule has 2 aromatic rings. The van der Waals surface area contributed by atoms with Crippen molar-refractivity contribution in [3.63, 3.8) is 0 Å². The highest BCUT2D eigenvalue weighted by atomic mass is 19.4. The van der Waals surface area contributed by atoms with E-state index >= 15 is 0 Å². The quantitative estimate of drug-likeness (QED) is 0.731. The molecule has 0 saturated carbocycles. The van der Waals surface area contributed by atoms with Gasteiger partial charge in [0.15, 0.2) is 0 Å². The van der Waals surface area contributed by atoms with Gasteiger partial charge in [-0.15, -0.1) is 13.2 Å². The van der Waals surface area contributed by atoms with Crippen LogP contribution < -0.4 is 4.74 Å². The van der Waals surface area contributed by atoms with Gasteiger partial charge in [0.1, 0.15) is 23.2 Å². The van der Waals surface area contributed by atoms with Crippen LogP contribution in [0.4, 0.5) is 26.3 Å². The van der Waals surface area contributed by atoms with Crippen molar-refractivity contribution in [2.75, 3.05) is 0 Å². The largest absolute Gasteiger partial charge is 0.573 e. The molecule has 0 heterocycles. The highest BCUT2D eigenvalue weighted by Crippen LogP contribution is 2.31. The van der Waals surface area contributed by atoms with Crippen molar-refractivity contribution in [3.8, 4) is 16.9 Å². The lowest BCUT2D eigenvalue weighted by atomic mass is 10.0. The van der Waals surface area contributed by atoms with Gasteiger partial charge in [-0.3, -0.25) is 0 Å². The molecule has 1 nitrogen and oxygen atoms in total. The number of rotatable bonds is 2. The zero-order chi connectivity index (χ0) is 14.9. The summed E-state index contributed by atoms with van der Waals surface area (Å²) in [4.78, 5) is 0. The smallest absolute Gasteiger partial charge is 0.406 e. The third kappa shape index (κ3) is 3.23. The summed E-state index contributed by atoms with van der Waals surface area (Å²) in [5, 5.41) is 0. The molecule has 0 radical (unpaired) electrons. The Kier molecular flexibility index (Phi) is 3.61. The van der Waals surface area contributed by atoms with Gasteiger partial charge in [-0.1, -0.05) is 12.1 Å². The molecule has 0 saturated heterocycles. The predicted octanol–water partition coefficient (Wildman–Crippen LogP) is 4.67. The Morgan fingerprint density at radius 2 is 1.45 bits per heavy atom. The van der Waals surface area contributed by atoms with E-state index in [-0.39, 0.29) is 5.56 Å². The van der Waals surface area contributed by atoms with Crippen LogP contribution in [0.3, 0.4) is 0 Å². The highest BCUT2D eigenvalue weighted by Gasteiger charge is 2.31. The summed E-state index contributed by atoms with van der Waals surface area (Å²) < 4.78 is 79.7. The lowest BCUT2D eigenvalue weighted by molar-refractivity contribution is -0.274. The van der Waals surface area contributed by atoms with Crippen LogP contribution in [0.1, 0.15) is 0 Å². The maximum atomic E-state index is 13.5. The van der Waals surface area contributed by atoms with Crippen LogP contribution in [0, 0.1) is 17.5 Å². The first-order valence-electron chi connectivity index (χ1n) is 5.27. The number of ether oxygens (including phenoxy) is 1. The van der Waals surface area contributed by atoms with Crippen LogP contribution in [0.2, 0.25) is 0 Å². The first-order valence-corrected chi connectivity index (χ1v) is 5.27. The summed E-state index contributed by atoms with van der Waals surface area (Å²) in [5.74, 6) is -4.18. The summed E-state index contributed by atoms with van der Waals surface area (Å²) in [6.45, 7) is 0. The third-order valence-electron chi connectivity index (χ3n) is 2.36. The van der Waals surface area contributed by atoms with Crippen molar-refractivity contribution in [2.24, 2.45) is 0 Å². The molecule has 0 N–H and O–H groups in total. The van der Waals surface area contributed by atoms with Crippen molar-refractivity contribution >= 4 is 0 Å². The van der Waals surface area contributed by atoms with Gasteiger partial charge in [0.2, 0.25) is 0 Å². The van der Waals surface area contributed by atoms with E-state index in [9.17, 15) is 26.3 Å². The maximum Gasteiger partial charge on any atom is 0.573 e. The SMILES string of the molecule is Fc1cc(F)c(-c2cccc(OC(F)(F)F)c2)c(F)c1. The second kappa shape index (κ2) is 5.07. The molecule has 0 aliphatic heterocycles. The monoisotopic (exact) mass is 292 g/mol. The molecule has 2 rings (SSSR count). The van der Waals surface area contributed by atoms with Crippen LogP contribution in [-0.4, -0.2) is 6.36 Å². The van der Waals surface area contributed by atoms with Gasteiger partial charge in [0, 0.05) is 12.1 Å². The van der Waals surface area contributed by atoms with Gasteiger partial charge < -0.3 is 4.74 Å². The number of alkyl halides is 3. The zero-order valence-corrected chi connectivity index (χ0v) is 9.64. The topological polar surface area (TPSA) is 9.23 Å². The summed E-state index contributed by atoms with van der Waals surface area (Å²) in [7, 11) is 0. The summed E-state index contributed by atoms with van der Waals surface area (Å²) in [5.41, 5.74) is -0.819. The van der Waals surface area contributed by atoms with E-state index in [0.29, 0.717) is 12.1 Å². The van der Waals surface area contributed by atoms with Gasteiger partial charge in [-0.05, 0) is 17.7 Å². The molecule has 0 amide bonds. The van der Waals surface area contributed by atoms with Crippen molar-refractivity contribution in [2.45, 2.75) is 6.36 Å². The Morgan fingerprint density at radius 3 is 2.00 bits per heavy atom. The Balaban J connectivity index is 2.47. The lowest BCUT2D eigenvalue weighted by Gasteiger charge is -2.11. The van der Waals surface area contributed by atoms with Crippen LogP contribution >= 0.6 is 0 Å². The standard InChI is InChI=1S/C13H6F6O/c14-8-5-10(15)12(11(16)6-8)7-2-1-3-9(4-7)20-13(17,18)19/h1-6H. The van der Waals surface area contributed by atoms with E-state index in [0.717, 1.165) is 18.2 Å². The molecule has 0 spiro atoms. The molecule has 20 heavy (non-hydrogen) atoms. The van der Waals surface area contributed by atoms with E-state index in [1.807, 2.05) is 0 Å². The van der Waals surface area contributed by atoms with Crippen molar-refractivity contribution < 1.29 is 31.1 Å². The highest BCUT2D eigenvalue weighted by molar-refractivity contribution is 5.66.